The molecule has 0 aromatic carbocycles. The maximum absolute atomic E-state index is 11.8. The number of ether oxygens (including phenoxy) is 1. The molecule has 9 nitrogen and oxygen atoms in total. The minimum absolute atomic E-state index is 0.0341. The number of carbonyl (C=O) groups excluding carboxylic acids is 1. The van der Waals surface area contributed by atoms with Crippen molar-refractivity contribution in [2.75, 3.05) is 7.05 Å². The Kier molecular flexibility index (Phi) is 7.78. The monoisotopic (exact) mass is 333 g/mol. The molecule has 0 amide bonds. The van der Waals surface area contributed by atoms with Gasteiger partial charge in [-0.05, 0) is 26.7 Å². The van der Waals surface area contributed by atoms with Crippen LogP contribution in [0.25, 0.3) is 0 Å². The molecule has 0 bridgehead atoms. The summed E-state index contributed by atoms with van der Waals surface area (Å²) in [6, 6.07) is -1.04. The molecule has 23 heavy (non-hydrogen) atoms. The highest BCUT2D eigenvalue weighted by Crippen LogP contribution is 2.17. The lowest BCUT2D eigenvalue weighted by Crippen LogP contribution is -2.46. The van der Waals surface area contributed by atoms with E-state index in [1.165, 1.54) is 14.0 Å². The molecule has 0 aliphatic rings. The summed E-state index contributed by atoms with van der Waals surface area (Å²) < 4.78 is 4.97. The van der Waals surface area contributed by atoms with Gasteiger partial charge >= 0.3 is 11.9 Å². The first-order valence-electron chi connectivity index (χ1n) is 7.42. The Morgan fingerprint density at radius 3 is 2.26 bits per heavy atom. The third-order valence-electron chi connectivity index (χ3n) is 3.26. The van der Waals surface area contributed by atoms with E-state index in [-0.39, 0.29) is 10.9 Å². The van der Waals surface area contributed by atoms with Crippen molar-refractivity contribution in [2.45, 2.75) is 60.3 Å². The molecular formula is C14H27N3O6. The van der Waals surface area contributed by atoms with Crippen LogP contribution in [0.1, 0.15) is 48.0 Å². The number of carboxylic acid groups (broad SMARTS) is 1. The van der Waals surface area contributed by atoms with Gasteiger partial charge in [0.1, 0.15) is 0 Å². The van der Waals surface area contributed by atoms with Crippen molar-refractivity contribution in [1.29, 1.82) is 0 Å². The first kappa shape index (κ1) is 20.9. The molecule has 0 radical (unpaired) electrons. The number of esters is 1. The molecule has 0 aromatic heterocycles. The molecule has 0 heterocycles. The number of likely N-dealkylation sites (N-methyl/N-ethyl adjacent to an activating group) is 1. The van der Waals surface area contributed by atoms with Gasteiger partial charge in [0, 0.05) is 6.92 Å². The van der Waals surface area contributed by atoms with Crippen LogP contribution in [-0.2, 0) is 19.2 Å². The van der Waals surface area contributed by atoms with Crippen molar-refractivity contribution < 1.29 is 29.2 Å². The van der Waals surface area contributed by atoms with Crippen LogP contribution in [-0.4, -0.2) is 46.4 Å². The summed E-state index contributed by atoms with van der Waals surface area (Å²) in [4.78, 5) is 27.8. The Morgan fingerprint density at radius 2 is 1.87 bits per heavy atom. The van der Waals surface area contributed by atoms with E-state index in [1.807, 2.05) is 6.92 Å². The first-order valence-corrected chi connectivity index (χ1v) is 7.42. The zero-order valence-electron chi connectivity index (χ0n) is 14.8. The highest BCUT2D eigenvalue weighted by molar-refractivity contribution is 5.75. The number of carboxylic acids is 1. The summed E-state index contributed by atoms with van der Waals surface area (Å²) in [5.74, 6) is -1.90. The highest BCUT2D eigenvalue weighted by Gasteiger charge is 2.33. The third-order valence-corrected chi connectivity index (χ3v) is 3.26. The average molecular weight is 333 g/mol. The fourth-order valence-corrected chi connectivity index (χ4v) is 1.61. The summed E-state index contributed by atoms with van der Waals surface area (Å²) in [6.45, 7) is 9.98. The Hall–Kier alpha value is -2.06. The average Bonchev–Trinajstić information content (AvgIpc) is 2.42. The number of carbonyl (C=O) groups is 2. The van der Waals surface area contributed by atoms with Gasteiger partial charge in [-0.3, -0.25) is 9.63 Å². The number of nitrogens with zero attached hydrogens (tertiary/aromatic N) is 3. The van der Waals surface area contributed by atoms with Gasteiger partial charge in [0.25, 0.3) is 6.29 Å². The molecule has 0 aliphatic heterocycles. The summed E-state index contributed by atoms with van der Waals surface area (Å²) in [7, 11) is 1.30. The van der Waals surface area contributed by atoms with Crippen molar-refractivity contribution in [3.05, 3.63) is 5.21 Å². The minimum Gasteiger partial charge on any atom is -0.569 e. The maximum atomic E-state index is 11.8. The summed E-state index contributed by atoms with van der Waals surface area (Å²) in [6.07, 6.45) is -0.492. The first-order chi connectivity index (χ1) is 10.4. The number of hydrazine groups is 1. The van der Waals surface area contributed by atoms with Gasteiger partial charge in [0.05, 0.1) is 17.4 Å². The lowest BCUT2D eigenvalue weighted by Gasteiger charge is -2.25. The highest BCUT2D eigenvalue weighted by atomic mass is 16.8. The molecule has 1 N–H and O–H groups in total. The van der Waals surface area contributed by atoms with Crippen molar-refractivity contribution in [3.8, 4) is 0 Å². The lowest BCUT2D eigenvalue weighted by atomic mass is 9.97. The zero-order valence-corrected chi connectivity index (χ0v) is 14.8. The quantitative estimate of drug-likeness (QED) is 0.238. The zero-order chi connectivity index (χ0) is 18.4. The second kappa shape index (κ2) is 8.54. The fourth-order valence-electron chi connectivity index (χ4n) is 1.61. The van der Waals surface area contributed by atoms with E-state index in [1.54, 1.807) is 27.7 Å². The number of aliphatic carboxylic acids is 1. The van der Waals surface area contributed by atoms with Crippen LogP contribution in [0.2, 0.25) is 0 Å². The van der Waals surface area contributed by atoms with Crippen LogP contribution in [0.15, 0.2) is 5.28 Å². The second-order valence-corrected chi connectivity index (χ2v) is 6.41. The standard InChI is InChI=1S/C14H27N3O6/c1-8-9(2)11(12(18)19)16(7)17(21)15-23-10(3)22-13(20)14(4,5)6/h9-11H,8H2,1-7H3,(H,18,19)/t9-,10?,11+/m1/s1. The van der Waals surface area contributed by atoms with Crippen LogP contribution < -0.4 is 0 Å². The molecule has 134 valence electrons. The van der Waals surface area contributed by atoms with Crippen LogP contribution in [0, 0.1) is 16.5 Å². The molecular weight excluding hydrogens is 306 g/mol. The predicted octanol–water partition coefficient (Wildman–Crippen LogP) is 2.16. The van der Waals surface area contributed by atoms with Crippen molar-refractivity contribution >= 4 is 11.9 Å². The molecule has 1 unspecified atom stereocenters. The van der Waals surface area contributed by atoms with Gasteiger partial charge < -0.3 is 15.1 Å². The van der Waals surface area contributed by atoms with Gasteiger partial charge in [-0.25, -0.2) is 4.79 Å². The van der Waals surface area contributed by atoms with Crippen molar-refractivity contribution in [3.63, 3.8) is 0 Å². The van der Waals surface area contributed by atoms with Crippen molar-refractivity contribution in [2.24, 2.45) is 16.6 Å². The van der Waals surface area contributed by atoms with Gasteiger partial charge in [0.2, 0.25) is 5.28 Å². The minimum atomic E-state index is -1.13. The molecule has 9 heteroatoms. The van der Waals surface area contributed by atoms with E-state index in [0.29, 0.717) is 6.42 Å². The predicted molar refractivity (Wildman–Crippen MR) is 80.8 cm³/mol. The molecule has 3 atom stereocenters. The van der Waals surface area contributed by atoms with Gasteiger partial charge in [0.15, 0.2) is 6.04 Å². The molecule has 0 aromatic rings. The SMILES string of the molecule is CC[C@@H](C)[C@@H](C(=O)O)N(C)[N+]([O-])=NOC(C)OC(=O)C(C)(C)C. The topological polar surface area (TPSA) is 114 Å². The Labute approximate surface area is 136 Å². The Morgan fingerprint density at radius 1 is 1.35 bits per heavy atom. The number of hydrogen-bond acceptors (Lipinski definition) is 6. The van der Waals surface area contributed by atoms with Gasteiger partial charge in [-0.2, -0.15) is 0 Å². The molecule has 0 saturated carbocycles. The number of hydrogen-bond donors (Lipinski definition) is 1. The Balaban J connectivity index is 4.81. The largest absolute Gasteiger partial charge is 0.569 e. The van der Waals surface area contributed by atoms with Crippen LogP contribution >= 0.6 is 0 Å². The lowest BCUT2D eigenvalue weighted by molar-refractivity contribution is -0.713. The third kappa shape index (κ3) is 6.70. The Bertz CT molecular complexity index is 446. The van der Waals surface area contributed by atoms with Gasteiger partial charge in [-0.15, -0.1) is 5.01 Å². The molecule has 0 rings (SSSR count). The molecule has 0 fully saturated rings. The summed E-state index contributed by atoms with van der Waals surface area (Å²) >= 11 is 0. The smallest absolute Gasteiger partial charge is 0.332 e. The summed E-state index contributed by atoms with van der Waals surface area (Å²) in [5, 5.41) is 25.2. The summed E-state index contributed by atoms with van der Waals surface area (Å²) in [5.41, 5.74) is -0.712. The van der Waals surface area contributed by atoms with E-state index in [4.69, 9.17) is 9.57 Å². The van der Waals surface area contributed by atoms with Crippen LogP contribution in [0.5, 0.6) is 0 Å². The van der Waals surface area contributed by atoms with E-state index < -0.39 is 29.7 Å². The van der Waals surface area contributed by atoms with E-state index >= 15 is 0 Å². The van der Waals surface area contributed by atoms with Gasteiger partial charge in [-0.1, -0.05) is 20.3 Å². The van der Waals surface area contributed by atoms with Crippen LogP contribution in [0.3, 0.4) is 0 Å². The van der Waals surface area contributed by atoms with Crippen LogP contribution in [0.4, 0.5) is 0 Å². The normalized spacial score (nSPS) is 16.2. The second-order valence-electron chi connectivity index (χ2n) is 6.41. The van der Waals surface area contributed by atoms with Crippen molar-refractivity contribution in [1.82, 2.24) is 5.01 Å². The van der Waals surface area contributed by atoms with E-state index in [2.05, 4.69) is 5.28 Å². The maximum Gasteiger partial charge on any atom is 0.332 e. The molecule has 0 spiro atoms. The number of rotatable bonds is 8. The molecule has 0 aliphatic carbocycles. The molecule has 0 saturated heterocycles. The van der Waals surface area contributed by atoms with E-state index in [9.17, 15) is 19.9 Å². The fraction of sp³-hybridized carbons (Fsp3) is 0.857. The van der Waals surface area contributed by atoms with E-state index in [0.717, 1.165) is 5.01 Å².